The van der Waals surface area contributed by atoms with Gasteiger partial charge >= 0.3 is 0 Å². The van der Waals surface area contributed by atoms with E-state index in [2.05, 4.69) is 44.3 Å². The molecule has 0 radical (unpaired) electrons. The third kappa shape index (κ3) is 9.26. The Morgan fingerprint density at radius 1 is 0.667 bits per heavy atom. The second kappa shape index (κ2) is 14.8. The molecule has 2 aromatic carbocycles. The molecule has 0 unspecified atom stereocenters. The monoisotopic (exact) mass is 744 g/mol. The molecule has 2 aliphatic carbocycles. The predicted molar refractivity (Wildman–Crippen MR) is 200 cm³/mol. The van der Waals surface area contributed by atoms with Crippen LogP contribution in [0.15, 0.2) is 36.4 Å². The van der Waals surface area contributed by atoms with Crippen LogP contribution < -0.4 is 10.6 Å². The van der Waals surface area contributed by atoms with Gasteiger partial charge in [-0.05, 0) is 84.8 Å². The van der Waals surface area contributed by atoms with Crippen molar-refractivity contribution in [3.63, 3.8) is 0 Å². The standard InChI is InChI=1S/C42H48F4N6O2/c1-39(2,3)33(51-37(53)27-15-19-41(43,44)20-16-27)35-47-29-13-11-25(23-31(29)49-35)9-7-8-10-26-12-14-30-32(24-26)50-36(48-30)34(40(4,5)6)52-38(54)28-17-21-42(45,46)22-18-28/h11-14,23-24,27-28,33-34H,15-22H2,1-6H3,(H,47,49)(H,48,50)(H,51,53)(H,52,54)/t33-,34-/m1/s1. The molecule has 8 nitrogen and oxygen atoms in total. The van der Waals surface area contributed by atoms with Crippen molar-refractivity contribution in [1.82, 2.24) is 30.6 Å². The van der Waals surface area contributed by atoms with Gasteiger partial charge in [0.1, 0.15) is 11.6 Å². The number of carbonyl (C=O) groups is 2. The lowest BCUT2D eigenvalue weighted by Gasteiger charge is -2.33. The van der Waals surface area contributed by atoms with Crippen LogP contribution in [0.25, 0.3) is 22.1 Å². The van der Waals surface area contributed by atoms with E-state index in [9.17, 15) is 27.2 Å². The molecule has 286 valence electrons. The highest BCUT2D eigenvalue weighted by Gasteiger charge is 2.41. The Morgan fingerprint density at radius 2 is 1.02 bits per heavy atom. The Kier molecular flexibility index (Phi) is 10.6. The predicted octanol–water partition coefficient (Wildman–Crippen LogP) is 8.90. The van der Waals surface area contributed by atoms with Gasteiger partial charge in [0.05, 0.1) is 34.2 Å². The molecule has 4 N–H and O–H groups in total. The number of nitrogens with one attached hydrogen (secondary N) is 4. The summed E-state index contributed by atoms with van der Waals surface area (Å²) in [4.78, 5) is 42.4. The number of nitrogens with zero attached hydrogens (tertiary/aromatic N) is 2. The Bertz CT molecular complexity index is 1990. The molecule has 2 saturated carbocycles. The number of fused-ring (bicyclic) bond motifs is 2. The minimum Gasteiger partial charge on any atom is -0.345 e. The molecule has 6 rings (SSSR count). The maximum Gasteiger partial charge on any atom is 0.248 e. The summed E-state index contributed by atoms with van der Waals surface area (Å²) < 4.78 is 54.7. The van der Waals surface area contributed by atoms with Crippen molar-refractivity contribution >= 4 is 33.9 Å². The molecule has 0 aliphatic heterocycles. The van der Waals surface area contributed by atoms with E-state index in [4.69, 9.17) is 9.97 Å². The highest BCUT2D eigenvalue weighted by molar-refractivity contribution is 5.81. The molecule has 0 spiro atoms. The number of H-pyrrole nitrogens is 2. The Morgan fingerprint density at radius 3 is 1.35 bits per heavy atom. The van der Waals surface area contributed by atoms with Crippen LogP contribution in [-0.4, -0.2) is 43.6 Å². The molecule has 12 heteroatoms. The van der Waals surface area contributed by atoms with E-state index in [1.54, 1.807) is 0 Å². The molecular formula is C42H48F4N6O2. The number of alkyl halides is 4. The quantitative estimate of drug-likeness (QED) is 0.117. The summed E-state index contributed by atoms with van der Waals surface area (Å²) in [5.41, 5.74) is 3.56. The highest BCUT2D eigenvalue weighted by atomic mass is 19.3. The Labute approximate surface area is 313 Å². The van der Waals surface area contributed by atoms with E-state index < -0.39 is 46.6 Å². The second-order valence-corrected chi connectivity index (χ2v) is 17.1. The van der Waals surface area contributed by atoms with E-state index in [-0.39, 0.29) is 63.2 Å². The third-order valence-corrected chi connectivity index (χ3v) is 10.5. The van der Waals surface area contributed by atoms with Gasteiger partial charge in [-0.3, -0.25) is 9.59 Å². The van der Waals surface area contributed by atoms with Gasteiger partial charge < -0.3 is 20.6 Å². The van der Waals surface area contributed by atoms with Crippen LogP contribution >= 0.6 is 0 Å². The van der Waals surface area contributed by atoms with Crippen molar-refractivity contribution in [3.05, 3.63) is 59.2 Å². The molecule has 0 bridgehead atoms. The number of halogens is 4. The Hall–Kier alpha value is -4.84. The summed E-state index contributed by atoms with van der Waals surface area (Å²) >= 11 is 0. The number of aromatic nitrogens is 4. The number of hydrogen-bond donors (Lipinski definition) is 4. The van der Waals surface area contributed by atoms with Crippen molar-refractivity contribution in [1.29, 1.82) is 0 Å². The minimum absolute atomic E-state index is 0.162. The van der Waals surface area contributed by atoms with Gasteiger partial charge in [-0.2, -0.15) is 0 Å². The number of amides is 2. The van der Waals surface area contributed by atoms with Crippen LogP contribution in [-0.2, 0) is 9.59 Å². The van der Waals surface area contributed by atoms with Gasteiger partial charge in [0.2, 0.25) is 23.7 Å². The van der Waals surface area contributed by atoms with Crippen LogP contribution in [0.2, 0.25) is 0 Å². The summed E-state index contributed by atoms with van der Waals surface area (Å²) in [7, 11) is 0. The number of hydrogen-bond acceptors (Lipinski definition) is 4. The lowest BCUT2D eigenvalue weighted by molar-refractivity contribution is -0.131. The number of carbonyl (C=O) groups excluding carboxylic acids is 2. The zero-order valence-electron chi connectivity index (χ0n) is 31.7. The highest BCUT2D eigenvalue weighted by Crippen LogP contribution is 2.40. The van der Waals surface area contributed by atoms with Gasteiger partial charge in [0.25, 0.3) is 0 Å². The molecule has 2 atom stereocenters. The fraction of sp³-hybridized carbons (Fsp3) is 0.524. The van der Waals surface area contributed by atoms with Gasteiger partial charge in [0.15, 0.2) is 0 Å². The molecular weight excluding hydrogens is 696 g/mol. The fourth-order valence-electron chi connectivity index (χ4n) is 7.21. The summed E-state index contributed by atoms with van der Waals surface area (Å²) in [6.07, 6.45) is -0.455. The molecule has 4 aromatic rings. The van der Waals surface area contributed by atoms with Crippen molar-refractivity contribution in [2.45, 2.75) is 117 Å². The van der Waals surface area contributed by atoms with Crippen LogP contribution in [0.3, 0.4) is 0 Å². The second-order valence-electron chi connectivity index (χ2n) is 17.1. The van der Waals surface area contributed by atoms with Gasteiger partial charge in [0, 0.05) is 48.6 Å². The first-order valence-electron chi connectivity index (χ1n) is 18.6. The molecule has 2 aliphatic rings. The third-order valence-electron chi connectivity index (χ3n) is 10.5. The lowest BCUT2D eigenvalue weighted by Crippen LogP contribution is -2.42. The first-order valence-corrected chi connectivity index (χ1v) is 18.6. The largest absolute Gasteiger partial charge is 0.345 e. The fourth-order valence-corrected chi connectivity index (χ4v) is 7.21. The summed E-state index contributed by atoms with van der Waals surface area (Å²) in [5.74, 6) is 6.39. The summed E-state index contributed by atoms with van der Waals surface area (Å²) in [6.45, 7) is 12.0. The van der Waals surface area contributed by atoms with Gasteiger partial charge in [-0.15, -0.1) is 0 Å². The van der Waals surface area contributed by atoms with Crippen molar-refractivity contribution in [2.24, 2.45) is 22.7 Å². The van der Waals surface area contributed by atoms with E-state index in [0.717, 1.165) is 22.2 Å². The smallest absolute Gasteiger partial charge is 0.248 e. The first-order chi connectivity index (χ1) is 25.3. The van der Waals surface area contributed by atoms with Crippen molar-refractivity contribution in [2.75, 3.05) is 0 Å². The average Bonchev–Trinajstić information content (AvgIpc) is 3.70. The first kappa shape index (κ1) is 38.9. The zero-order valence-corrected chi connectivity index (χ0v) is 31.7. The van der Waals surface area contributed by atoms with Gasteiger partial charge in [-0.1, -0.05) is 53.4 Å². The van der Waals surface area contributed by atoms with Gasteiger partial charge in [-0.25, -0.2) is 27.5 Å². The van der Waals surface area contributed by atoms with Crippen LogP contribution in [0, 0.1) is 46.3 Å². The molecule has 2 heterocycles. The lowest BCUT2D eigenvalue weighted by atomic mass is 9.83. The molecule has 0 saturated heterocycles. The van der Waals surface area contributed by atoms with E-state index in [0.29, 0.717) is 22.7 Å². The number of benzene rings is 2. The summed E-state index contributed by atoms with van der Waals surface area (Å²) in [5, 5.41) is 6.16. The van der Waals surface area contributed by atoms with Crippen molar-refractivity contribution < 1.29 is 27.2 Å². The van der Waals surface area contributed by atoms with E-state index in [1.165, 1.54) is 0 Å². The molecule has 2 amide bonds. The van der Waals surface area contributed by atoms with Crippen LogP contribution in [0.4, 0.5) is 17.6 Å². The maximum absolute atomic E-state index is 13.7. The minimum atomic E-state index is -2.70. The summed E-state index contributed by atoms with van der Waals surface area (Å²) in [6, 6.07) is 10.2. The number of aromatic amines is 2. The van der Waals surface area contributed by atoms with Crippen molar-refractivity contribution in [3.8, 4) is 23.7 Å². The molecule has 54 heavy (non-hydrogen) atoms. The van der Waals surface area contributed by atoms with E-state index >= 15 is 0 Å². The number of imidazole rings is 2. The SMILES string of the molecule is CC(C)(C)[C@H](NC(=O)C1CCC(F)(F)CC1)c1nc2ccc(C#CC#Cc3ccc4nc([C@@H](NC(=O)C5CCC(F)(F)CC5)C(C)(C)C)[nH]c4c3)cc2[nH]1. The normalized spacial score (nSPS) is 18.9. The molecule has 2 fully saturated rings. The number of rotatable bonds is 6. The molecule has 2 aromatic heterocycles. The Balaban J connectivity index is 1.14. The topological polar surface area (TPSA) is 116 Å². The average molecular weight is 745 g/mol. The maximum atomic E-state index is 13.7. The van der Waals surface area contributed by atoms with Crippen LogP contribution in [0.5, 0.6) is 0 Å². The van der Waals surface area contributed by atoms with E-state index in [1.807, 2.05) is 77.9 Å². The zero-order chi connectivity index (χ0) is 39.1. The van der Waals surface area contributed by atoms with Crippen LogP contribution in [0.1, 0.15) is 128 Å².